The van der Waals surface area contributed by atoms with E-state index in [2.05, 4.69) is 11.8 Å². The van der Waals surface area contributed by atoms with Gasteiger partial charge in [0, 0.05) is 18.5 Å². The van der Waals surface area contributed by atoms with Gasteiger partial charge < -0.3 is 0 Å². The molecule has 1 rings (SSSR count). The van der Waals surface area contributed by atoms with Gasteiger partial charge in [0.2, 0.25) is 5.91 Å². The number of piperidine rings is 1. The van der Waals surface area contributed by atoms with E-state index in [1.54, 1.807) is 5.48 Å². The molecule has 15 heavy (non-hydrogen) atoms. The number of nitrogens with zero attached hydrogens (tertiary/aromatic N) is 1. The van der Waals surface area contributed by atoms with Gasteiger partial charge in [0.15, 0.2) is 0 Å². The van der Waals surface area contributed by atoms with Crippen LogP contribution in [0.15, 0.2) is 0 Å². The fourth-order valence-corrected chi connectivity index (χ4v) is 2.31. The quantitative estimate of drug-likeness (QED) is 0.549. The SMILES string of the molecule is CCC1CCCCN1CC(C)C(=O)NO. The molecular formula is C11H22N2O2. The number of carbonyl (C=O) groups excluding carboxylic acids is 1. The second-order valence-electron chi connectivity index (χ2n) is 4.43. The molecule has 1 aliphatic heterocycles. The van der Waals surface area contributed by atoms with Gasteiger partial charge in [-0.15, -0.1) is 0 Å². The molecule has 2 unspecified atom stereocenters. The molecule has 1 saturated heterocycles. The first kappa shape index (κ1) is 12.5. The average molecular weight is 214 g/mol. The highest BCUT2D eigenvalue weighted by Gasteiger charge is 2.24. The minimum atomic E-state index is -0.282. The minimum Gasteiger partial charge on any atom is -0.300 e. The molecular weight excluding hydrogens is 192 g/mol. The Labute approximate surface area is 91.6 Å². The molecule has 0 saturated carbocycles. The van der Waals surface area contributed by atoms with Crippen molar-refractivity contribution in [1.29, 1.82) is 0 Å². The lowest BCUT2D eigenvalue weighted by Gasteiger charge is -2.36. The van der Waals surface area contributed by atoms with Crippen LogP contribution in [0.2, 0.25) is 0 Å². The van der Waals surface area contributed by atoms with Crippen LogP contribution in [0.3, 0.4) is 0 Å². The highest BCUT2D eigenvalue weighted by molar-refractivity contribution is 5.77. The molecule has 4 nitrogen and oxygen atoms in total. The zero-order valence-corrected chi connectivity index (χ0v) is 9.70. The summed E-state index contributed by atoms with van der Waals surface area (Å²) in [7, 11) is 0. The van der Waals surface area contributed by atoms with Crippen molar-refractivity contribution >= 4 is 5.91 Å². The number of amides is 1. The maximum Gasteiger partial charge on any atom is 0.247 e. The second-order valence-corrected chi connectivity index (χ2v) is 4.43. The predicted octanol–water partition coefficient (Wildman–Crippen LogP) is 1.39. The number of likely N-dealkylation sites (tertiary alicyclic amines) is 1. The first-order chi connectivity index (χ1) is 7.19. The van der Waals surface area contributed by atoms with Crippen molar-refractivity contribution in [1.82, 2.24) is 10.4 Å². The topological polar surface area (TPSA) is 52.6 Å². The number of hydrogen-bond acceptors (Lipinski definition) is 3. The summed E-state index contributed by atoms with van der Waals surface area (Å²) >= 11 is 0. The van der Waals surface area contributed by atoms with Crippen molar-refractivity contribution in [2.75, 3.05) is 13.1 Å². The first-order valence-electron chi connectivity index (χ1n) is 5.87. The Balaban J connectivity index is 2.43. The molecule has 1 aliphatic rings. The van der Waals surface area contributed by atoms with Crippen LogP contribution < -0.4 is 5.48 Å². The Morgan fingerprint density at radius 3 is 2.93 bits per heavy atom. The van der Waals surface area contributed by atoms with Crippen molar-refractivity contribution in [3.8, 4) is 0 Å². The lowest BCUT2D eigenvalue weighted by atomic mass is 9.98. The van der Waals surface area contributed by atoms with Crippen LogP contribution in [0, 0.1) is 5.92 Å². The van der Waals surface area contributed by atoms with E-state index < -0.39 is 0 Å². The summed E-state index contributed by atoms with van der Waals surface area (Å²) in [6.07, 6.45) is 4.91. The van der Waals surface area contributed by atoms with Crippen LogP contribution in [0.4, 0.5) is 0 Å². The van der Waals surface area contributed by atoms with Gasteiger partial charge in [0.1, 0.15) is 0 Å². The fourth-order valence-electron chi connectivity index (χ4n) is 2.31. The third-order valence-corrected chi connectivity index (χ3v) is 3.29. The summed E-state index contributed by atoms with van der Waals surface area (Å²) in [5, 5.41) is 8.54. The van der Waals surface area contributed by atoms with Crippen LogP contribution in [0.5, 0.6) is 0 Å². The molecule has 1 amide bonds. The molecule has 88 valence electrons. The van der Waals surface area contributed by atoms with Gasteiger partial charge in [-0.2, -0.15) is 0 Å². The van der Waals surface area contributed by atoms with Crippen molar-refractivity contribution in [2.45, 2.75) is 45.6 Å². The van der Waals surface area contributed by atoms with E-state index in [4.69, 9.17) is 5.21 Å². The van der Waals surface area contributed by atoms with Crippen molar-refractivity contribution < 1.29 is 10.0 Å². The van der Waals surface area contributed by atoms with E-state index in [1.165, 1.54) is 19.3 Å². The van der Waals surface area contributed by atoms with E-state index in [0.717, 1.165) is 19.5 Å². The highest BCUT2D eigenvalue weighted by Crippen LogP contribution is 2.20. The number of hydrogen-bond donors (Lipinski definition) is 2. The molecule has 2 N–H and O–H groups in total. The molecule has 0 aliphatic carbocycles. The van der Waals surface area contributed by atoms with E-state index in [0.29, 0.717) is 6.04 Å². The summed E-state index contributed by atoms with van der Waals surface area (Å²) < 4.78 is 0. The van der Waals surface area contributed by atoms with Gasteiger partial charge in [0.05, 0.1) is 0 Å². The summed E-state index contributed by atoms with van der Waals surface area (Å²) in [6, 6.07) is 0.618. The van der Waals surface area contributed by atoms with Crippen LogP contribution >= 0.6 is 0 Å². The maximum absolute atomic E-state index is 11.2. The van der Waals surface area contributed by atoms with Crippen LogP contribution in [-0.2, 0) is 4.79 Å². The molecule has 2 atom stereocenters. The number of hydroxylamine groups is 1. The third kappa shape index (κ3) is 3.47. The van der Waals surface area contributed by atoms with E-state index >= 15 is 0 Å². The summed E-state index contributed by atoms with van der Waals surface area (Å²) in [6.45, 7) is 5.89. The van der Waals surface area contributed by atoms with Gasteiger partial charge >= 0.3 is 0 Å². The Morgan fingerprint density at radius 2 is 2.33 bits per heavy atom. The van der Waals surface area contributed by atoms with Crippen molar-refractivity contribution in [2.24, 2.45) is 5.92 Å². The zero-order valence-electron chi connectivity index (χ0n) is 9.70. The largest absolute Gasteiger partial charge is 0.300 e. The maximum atomic E-state index is 11.2. The van der Waals surface area contributed by atoms with E-state index in [1.807, 2.05) is 6.92 Å². The minimum absolute atomic E-state index is 0.137. The molecule has 4 heteroatoms. The number of rotatable bonds is 4. The standard InChI is InChI=1S/C11H22N2O2/c1-3-10-6-4-5-7-13(10)8-9(2)11(14)12-15/h9-10,15H,3-8H2,1-2H3,(H,12,14). The Morgan fingerprint density at radius 1 is 1.60 bits per heavy atom. The highest BCUT2D eigenvalue weighted by atomic mass is 16.5. The van der Waals surface area contributed by atoms with Crippen LogP contribution in [-0.4, -0.2) is 35.1 Å². The molecule has 0 bridgehead atoms. The van der Waals surface area contributed by atoms with Gasteiger partial charge in [-0.05, 0) is 25.8 Å². The average Bonchev–Trinajstić information content (AvgIpc) is 2.28. The first-order valence-corrected chi connectivity index (χ1v) is 5.87. The summed E-state index contributed by atoms with van der Waals surface area (Å²) in [5.74, 6) is -0.419. The molecule has 1 fully saturated rings. The summed E-state index contributed by atoms with van der Waals surface area (Å²) in [5.41, 5.74) is 1.72. The Kier molecular flexibility index (Phi) is 5.05. The molecule has 0 aromatic rings. The smallest absolute Gasteiger partial charge is 0.247 e. The lowest BCUT2D eigenvalue weighted by Crippen LogP contribution is -2.44. The number of nitrogens with one attached hydrogen (secondary N) is 1. The van der Waals surface area contributed by atoms with E-state index in [-0.39, 0.29) is 11.8 Å². The Bertz CT molecular complexity index is 209. The van der Waals surface area contributed by atoms with E-state index in [9.17, 15) is 4.79 Å². The molecule has 0 radical (unpaired) electrons. The normalized spacial score (nSPS) is 24.9. The second kappa shape index (κ2) is 6.08. The van der Waals surface area contributed by atoms with Gasteiger partial charge in [0.25, 0.3) is 0 Å². The molecule has 0 spiro atoms. The van der Waals surface area contributed by atoms with Crippen LogP contribution in [0.25, 0.3) is 0 Å². The van der Waals surface area contributed by atoms with Crippen molar-refractivity contribution in [3.63, 3.8) is 0 Å². The molecule has 0 aromatic heterocycles. The van der Waals surface area contributed by atoms with Gasteiger partial charge in [-0.25, -0.2) is 5.48 Å². The van der Waals surface area contributed by atoms with Gasteiger partial charge in [-0.1, -0.05) is 20.3 Å². The monoisotopic (exact) mass is 214 g/mol. The summed E-state index contributed by atoms with van der Waals surface area (Å²) in [4.78, 5) is 13.6. The number of carbonyl (C=O) groups is 1. The third-order valence-electron chi connectivity index (χ3n) is 3.29. The zero-order chi connectivity index (χ0) is 11.3. The molecule has 0 aromatic carbocycles. The fraction of sp³-hybridized carbons (Fsp3) is 0.909. The van der Waals surface area contributed by atoms with Crippen molar-refractivity contribution in [3.05, 3.63) is 0 Å². The van der Waals surface area contributed by atoms with Crippen LogP contribution in [0.1, 0.15) is 39.5 Å². The Hall–Kier alpha value is -0.610. The predicted molar refractivity (Wildman–Crippen MR) is 58.6 cm³/mol. The lowest BCUT2D eigenvalue weighted by molar-refractivity contribution is -0.133. The molecule has 1 heterocycles. The van der Waals surface area contributed by atoms with Gasteiger partial charge in [-0.3, -0.25) is 14.9 Å².